The number of methoxy groups -OCH3 is 1. The number of aliphatic hydroxyl groups excluding tert-OH is 1. The average Bonchev–Trinajstić information content (AvgIpc) is 2.60. The minimum absolute atomic E-state index is 0.0790. The predicted molar refractivity (Wildman–Crippen MR) is 59.5 cm³/mol. The van der Waals surface area contributed by atoms with Gasteiger partial charge in [-0.1, -0.05) is 0 Å². The van der Waals surface area contributed by atoms with Gasteiger partial charge >= 0.3 is 5.97 Å². The van der Waals surface area contributed by atoms with E-state index < -0.39 is 23.7 Å². The molecule has 1 rings (SSSR count). The van der Waals surface area contributed by atoms with Crippen molar-refractivity contribution in [3.8, 4) is 0 Å². The Morgan fingerprint density at radius 1 is 1.47 bits per heavy atom. The molecule has 2 N–H and O–H groups in total. The molecule has 0 radical (unpaired) electrons. The van der Waals surface area contributed by atoms with Gasteiger partial charge in [0.1, 0.15) is 6.04 Å². The zero-order valence-corrected chi connectivity index (χ0v) is 10.3. The molecule has 2 atom stereocenters. The molecule has 98 valence electrons. The first kappa shape index (κ1) is 13.9. The Morgan fingerprint density at radius 3 is 2.53 bits per heavy atom. The number of β-amino-alcohol motifs (C(OH)–C–C–N with tert-alkyl or cyclic N) is 1. The van der Waals surface area contributed by atoms with Gasteiger partial charge in [-0.3, -0.25) is 4.79 Å². The van der Waals surface area contributed by atoms with E-state index in [1.54, 1.807) is 13.8 Å². The van der Waals surface area contributed by atoms with Crippen molar-refractivity contribution >= 4 is 11.9 Å². The van der Waals surface area contributed by atoms with Crippen LogP contribution in [0.25, 0.3) is 0 Å². The molecular weight excluding hydrogens is 226 g/mol. The summed E-state index contributed by atoms with van der Waals surface area (Å²) >= 11 is 0. The molecule has 1 aliphatic rings. The number of aliphatic hydroxyl groups is 1. The normalized spacial score (nSPS) is 25.1. The van der Waals surface area contributed by atoms with Gasteiger partial charge in [-0.25, -0.2) is 4.79 Å². The molecule has 6 nitrogen and oxygen atoms in total. The lowest BCUT2D eigenvalue weighted by Gasteiger charge is -2.27. The number of carboxylic acid groups (broad SMARTS) is 1. The maximum absolute atomic E-state index is 12.0. The third-order valence-corrected chi connectivity index (χ3v) is 3.01. The van der Waals surface area contributed by atoms with Crippen molar-refractivity contribution < 1.29 is 24.5 Å². The molecule has 0 aliphatic carbocycles. The van der Waals surface area contributed by atoms with Crippen LogP contribution in [0.5, 0.6) is 0 Å². The van der Waals surface area contributed by atoms with Crippen molar-refractivity contribution in [3.05, 3.63) is 0 Å². The van der Waals surface area contributed by atoms with Crippen molar-refractivity contribution in [2.24, 2.45) is 0 Å². The van der Waals surface area contributed by atoms with Crippen LogP contribution in [0, 0.1) is 0 Å². The molecule has 1 heterocycles. The predicted octanol–water partition coefficient (Wildman–Crippen LogP) is -0.152. The first-order chi connectivity index (χ1) is 7.76. The van der Waals surface area contributed by atoms with Gasteiger partial charge in [-0.05, 0) is 13.8 Å². The number of amides is 1. The summed E-state index contributed by atoms with van der Waals surface area (Å²) in [4.78, 5) is 24.1. The van der Waals surface area contributed by atoms with Crippen molar-refractivity contribution in [1.82, 2.24) is 4.90 Å². The molecule has 1 aliphatic heterocycles. The summed E-state index contributed by atoms with van der Waals surface area (Å²) in [5, 5.41) is 18.4. The maximum Gasteiger partial charge on any atom is 0.326 e. The molecule has 0 aromatic carbocycles. The van der Waals surface area contributed by atoms with Crippen LogP contribution in [0.4, 0.5) is 0 Å². The number of carbonyl (C=O) groups is 2. The van der Waals surface area contributed by atoms with Crippen LogP contribution < -0.4 is 0 Å². The summed E-state index contributed by atoms with van der Waals surface area (Å²) in [5.74, 6) is -1.38. The van der Waals surface area contributed by atoms with Crippen LogP contribution in [0.2, 0.25) is 0 Å². The minimum Gasteiger partial charge on any atom is -0.480 e. The van der Waals surface area contributed by atoms with Crippen LogP contribution in [0.3, 0.4) is 0 Å². The number of hydrogen-bond acceptors (Lipinski definition) is 4. The van der Waals surface area contributed by atoms with E-state index >= 15 is 0 Å². The van der Waals surface area contributed by atoms with E-state index in [-0.39, 0.29) is 25.3 Å². The highest BCUT2D eigenvalue weighted by molar-refractivity contribution is 5.85. The van der Waals surface area contributed by atoms with E-state index in [0.29, 0.717) is 0 Å². The Morgan fingerprint density at radius 2 is 2.06 bits per heavy atom. The molecule has 17 heavy (non-hydrogen) atoms. The van der Waals surface area contributed by atoms with Crippen LogP contribution in [-0.4, -0.2) is 58.4 Å². The number of carbonyl (C=O) groups excluding carboxylic acids is 1. The quantitative estimate of drug-likeness (QED) is 0.719. The second kappa shape index (κ2) is 5.01. The Bertz CT molecular complexity index is 315. The number of carboxylic acids is 1. The Kier molecular flexibility index (Phi) is 4.11. The topological polar surface area (TPSA) is 87.1 Å². The zero-order valence-electron chi connectivity index (χ0n) is 10.3. The summed E-state index contributed by atoms with van der Waals surface area (Å²) in [7, 11) is 1.50. The molecular formula is C11H19NO5. The summed E-state index contributed by atoms with van der Waals surface area (Å²) in [5.41, 5.74) is -0.631. The number of hydrogen-bond donors (Lipinski definition) is 2. The van der Waals surface area contributed by atoms with E-state index in [9.17, 15) is 14.7 Å². The van der Waals surface area contributed by atoms with Crippen molar-refractivity contribution in [2.45, 2.75) is 44.4 Å². The van der Waals surface area contributed by atoms with Crippen LogP contribution in [0.1, 0.15) is 26.7 Å². The highest BCUT2D eigenvalue weighted by atomic mass is 16.5. The number of rotatable bonds is 4. The smallest absolute Gasteiger partial charge is 0.326 e. The standard InChI is InChI=1S/C11H19NO5/c1-11(2,17-3)5-9(14)12-6-7(13)4-8(12)10(15)16/h7-8,13H,4-6H2,1-3H3,(H,15,16)/t7-,8+/m1/s1. The molecule has 0 saturated carbocycles. The largest absolute Gasteiger partial charge is 0.480 e. The summed E-state index contributed by atoms with van der Waals surface area (Å²) in [6.45, 7) is 3.59. The van der Waals surface area contributed by atoms with Crippen LogP contribution in [0.15, 0.2) is 0 Å². The van der Waals surface area contributed by atoms with Gasteiger partial charge in [0.15, 0.2) is 0 Å². The summed E-state index contributed by atoms with van der Waals surface area (Å²) in [6, 6.07) is -0.926. The van der Waals surface area contributed by atoms with E-state index in [1.165, 1.54) is 12.0 Å². The minimum atomic E-state index is -1.08. The molecule has 0 spiro atoms. The first-order valence-corrected chi connectivity index (χ1v) is 5.52. The molecule has 0 aromatic rings. The van der Waals surface area contributed by atoms with Gasteiger partial charge in [0.25, 0.3) is 0 Å². The third kappa shape index (κ3) is 3.41. The molecule has 1 amide bonds. The average molecular weight is 245 g/mol. The molecule has 0 bridgehead atoms. The van der Waals surface area contributed by atoms with Crippen molar-refractivity contribution in [2.75, 3.05) is 13.7 Å². The number of nitrogens with zero attached hydrogens (tertiary/aromatic N) is 1. The number of likely N-dealkylation sites (tertiary alicyclic amines) is 1. The van der Waals surface area contributed by atoms with Gasteiger partial charge in [-0.2, -0.15) is 0 Å². The Balaban J connectivity index is 2.71. The number of ether oxygens (including phenoxy) is 1. The SMILES string of the molecule is COC(C)(C)CC(=O)N1C[C@H](O)C[C@H]1C(=O)O. The second-order valence-electron chi connectivity index (χ2n) is 4.93. The van der Waals surface area contributed by atoms with Crippen molar-refractivity contribution in [1.29, 1.82) is 0 Å². The summed E-state index contributed by atoms with van der Waals surface area (Å²) in [6.07, 6.45) is -0.570. The van der Waals surface area contributed by atoms with Gasteiger partial charge in [-0.15, -0.1) is 0 Å². The van der Waals surface area contributed by atoms with Gasteiger partial charge < -0.3 is 19.8 Å². The lowest BCUT2D eigenvalue weighted by molar-refractivity contribution is -0.150. The number of aliphatic carboxylic acids is 1. The van der Waals surface area contributed by atoms with Gasteiger partial charge in [0.05, 0.1) is 18.1 Å². The van der Waals surface area contributed by atoms with E-state index in [1.807, 2.05) is 0 Å². The second-order valence-corrected chi connectivity index (χ2v) is 4.93. The van der Waals surface area contributed by atoms with E-state index in [4.69, 9.17) is 9.84 Å². The molecule has 1 fully saturated rings. The van der Waals surface area contributed by atoms with Gasteiger partial charge in [0, 0.05) is 20.1 Å². The van der Waals surface area contributed by atoms with Crippen LogP contribution in [-0.2, 0) is 14.3 Å². The molecule has 0 aromatic heterocycles. The fraction of sp³-hybridized carbons (Fsp3) is 0.818. The highest BCUT2D eigenvalue weighted by Crippen LogP contribution is 2.22. The molecule has 1 saturated heterocycles. The Hall–Kier alpha value is -1.14. The van der Waals surface area contributed by atoms with Gasteiger partial charge in [0.2, 0.25) is 5.91 Å². The summed E-state index contributed by atoms with van der Waals surface area (Å²) < 4.78 is 5.13. The lowest BCUT2D eigenvalue weighted by atomic mass is 10.0. The molecule has 0 unspecified atom stereocenters. The third-order valence-electron chi connectivity index (χ3n) is 3.01. The lowest BCUT2D eigenvalue weighted by Crippen LogP contribution is -2.43. The fourth-order valence-corrected chi connectivity index (χ4v) is 1.86. The van der Waals surface area contributed by atoms with Crippen molar-refractivity contribution in [3.63, 3.8) is 0 Å². The first-order valence-electron chi connectivity index (χ1n) is 5.52. The maximum atomic E-state index is 12.0. The molecule has 6 heteroatoms. The fourth-order valence-electron chi connectivity index (χ4n) is 1.86. The van der Waals surface area contributed by atoms with E-state index in [0.717, 1.165) is 0 Å². The van der Waals surface area contributed by atoms with Crippen LogP contribution >= 0.6 is 0 Å². The van der Waals surface area contributed by atoms with E-state index in [2.05, 4.69) is 0 Å². The Labute approximate surface area is 100 Å². The monoisotopic (exact) mass is 245 g/mol. The zero-order chi connectivity index (χ0) is 13.2. The highest BCUT2D eigenvalue weighted by Gasteiger charge is 2.40.